The van der Waals surface area contributed by atoms with E-state index in [2.05, 4.69) is 0 Å². The van der Waals surface area contributed by atoms with Crippen molar-refractivity contribution in [2.75, 3.05) is 19.4 Å². The van der Waals surface area contributed by atoms with E-state index in [1.165, 1.54) is 0 Å². The average molecular weight is 362 g/mol. The molecule has 0 amide bonds. The van der Waals surface area contributed by atoms with Crippen LogP contribution in [-0.2, 0) is 27.9 Å². The Morgan fingerprint density at radius 2 is 1.62 bits per heavy atom. The van der Waals surface area contributed by atoms with Gasteiger partial charge < -0.3 is 13.8 Å². The van der Waals surface area contributed by atoms with Gasteiger partial charge in [-0.05, 0) is 54.4 Å². The van der Waals surface area contributed by atoms with Gasteiger partial charge in [-0.25, -0.2) is 4.79 Å². The number of allylic oxidation sites excluding steroid dienone is 1. The zero-order valence-corrected chi connectivity index (χ0v) is 16.6. The van der Waals surface area contributed by atoms with Crippen LogP contribution in [-0.4, -0.2) is 36.7 Å². The zero-order valence-electron chi connectivity index (χ0n) is 15.7. The van der Waals surface area contributed by atoms with Gasteiger partial charge in [-0.15, -0.1) is 0 Å². The van der Waals surface area contributed by atoms with Crippen LogP contribution in [0.5, 0.6) is 0 Å². The molecule has 24 heavy (non-hydrogen) atoms. The molecule has 0 aromatic rings. The Morgan fingerprint density at radius 1 is 1.08 bits per heavy atom. The third-order valence-electron chi connectivity index (χ3n) is 2.85. The number of ether oxygens (including phenoxy) is 1. The molecular formula is C17H31O6P. The lowest BCUT2D eigenvalue weighted by Gasteiger charge is -2.19. The molecule has 6 nitrogen and oxygen atoms in total. The summed E-state index contributed by atoms with van der Waals surface area (Å²) in [5, 5.41) is 0. The average Bonchev–Trinajstić information content (AvgIpc) is 2.41. The number of hydrogen-bond acceptors (Lipinski definition) is 6. The molecule has 0 bridgehead atoms. The van der Waals surface area contributed by atoms with E-state index in [4.69, 9.17) is 13.8 Å². The molecular weight excluding hydrogens is 331 g/mol. The summed E-state index contributed by atoms with van der Waals surface area (Å²) >= 11 is 0. The van der Waals surface area contributed by atoms with E-state index in [1.807, 2.05) is 20.8 Å². The van der Waals surface area contributed by atoms with Crippen molar-refractivity contribution in [3.63, 3.8) is 0 Å². The summed E-state index contributed by atoms with van der Waals surface area (Å²) in [6.45, 7) is 11.0. The SMILES string of the molecule is CCOP(=O)(CC(=O)CCC/C=C(\C)C(=O)OC(C)(C)C)OCC. The number of esters is 1. The van der Waals surface area contributed by atoms with Gasteiger partial charge in [0, 0.05) is 12.0 Å². The van der Waals surface area contributed by atoms with E-state index >= 15 is 0 Å². The maximum absolute atomic E-state index is 12.2. The minimum atomic E-state index is -3.32. The Bertz CT molecular complexity index is 480. The van der Waals surface area contributed by atoms with E-state index in [-0.39, 0.29) is 37.5 Å². The first-order chi connectivity index (χ1) is 11.0. The van der Waals surface area contributed by atoms with Crippen LogP contribution < -0.4 is 0 Å². The standard InChI is InChI=1S/C17H31O6P/c1-7-21-24(20,22-8-2)13-15(18)12-10-9-11-14(3)16(19)23-17(4,5)6/h11H,7-10,12-13H2,1-6H3/b14-11+. The van der Waals surface area contributed by atoms with Crippen molar-refractivity contribution < 1.29 is 27.9 Å². The Morgan fingerprint density at radius 3 is 2.08 bits per heavy atom. The summed E-state index contributed by atoms with van der Waals surface area (Å²) in [6, 6.07) is 0. The minimum absolute atomic E-state index is 0.163. The molecule has 0 N–H and O–H groups in total. The molecule has 0 aliphatic rings. The monoisotopic (exact) mass is 362 g/mol. The topological polar surface area (TPSA) is 78.9 Å². The van der Waals surface area contributed by atoms with Crippen molar-refractivity contribution >= 4 is 19.3 Å². The molecule has 7 heteroatoms. The van der Waals surface area contributed by atoms with Gasteiger partial charge in [0.25, 0.3) is 0 Å². The van der Waals surface area contributed by atoms with Crippen LogP contribution in [0.4, 0.5) is 0 Å². The molecule has 0 spiro atoms. The second kappa shape index (κ2) is 10.8. The molecule has 0 aromatic heterocycles. The summed E-state index contributed by atoms with van der Waals surface area (Å²) in [6.07, 6.45) is 2.96. The first kappa shape index (κ1) is 23.0. The van der Waals surface area contributed by atoms with Crippen LogP contribution in [0.2, 0.25) is 0 Å². The van der Waals surface area contributed by atoms with E-state index in [0.29, 0.717) is 18.4 Å². The van der Waals surface area contributed by atoms with Crippen molar-refractivity contribution in [3.8, 4) is 0 Å². The smallest absolute Gasteiger partial charge is 0.338 e. The van der Waals surface area contributed by atoms with E-state index < -0.39 is 13.2 Å². The maximum atomic E-state index is 12.2. The molecule has 0 aromatic carbocycles. The lowest BCUT2D eigenvalue weighted by molar-refractivity contribution is -0.149. The number of ketones is 1. The van der Waals surface area contributed by atoms with Crippen molar-refractivity contribution in [1.29, 1.82) is 0 Å². The predicted molar refractivity (Wildman–Crippen MR) is 94.2 cm³/mol. The summed E-state index contributed by atoms with van der Waals surface area (Å²) in [5.41, 5.74) is -0.00586. The van der Waals surface area contributed by atoms with Crippen LogP contribution in [0, 0.1) is 0 Å². The highest BCUT2D eigenvalue weighted by Crippen LogP contribution is 2.48. The van der Waals surface area contributed by atoms with Crippen LogP contribution >= 0.6 is 7.60 Å². The number of carbonyl (C=O) groups is 2. The largest absolute Gasteiger partial charge is 0.457 e. The molecule has 0 saturated carbocycles. The molecule has 0 aliphatic heterocycles. The van der Waals surface area contributed by atoms with Crippen molar-refractivity contribution in [2.24, 2.45) is 0 Å². The summed E-state index contributed by atoms with van der Waals surface area (Å²) in [4.78, 5) is 23.7. The fraction of sp³-hybridized carbons (Fsp3) is 0.765. The highest BCUT2D eigenvalue weighted by molar-refractivity contribution is 7.54. The Balaban J connectivity index is 4.31. The minimum Gasteiger partial charge on any atom is -0.457 e. The van der Waals surface area contributed by atoms with Gasteiger partial charge in [-0.1, -0.05) is 6.08 Å². The first-order valence-corrected chi connectivity index (χ1v) is 10.1. The number of hydrogen-bond donors (Lipinski definition) is 0. The van der Waals surface area contributed by atoms with Crippen molar-refractivity contribution in [2.45, 2.75) is 66.4 Å². The summed E-state index contributed by atoms with van der Waals surface area (Å²) in [7, 11) is -3.32. The van der Waals surface area contributed by atoms with Crippen LogP contribution in [0.25, 0.3) is 0 Å². The van der Waals surface area contributed by atoms with Gasteiger partial charge in [-0.2, -0.15) is 0 Å². The van der Waals surface area contributed by atoms with Gasteiger partial charge in [0.05, 0.1) is 13.2 Å². The summed E-state index contributed by atoms with van der Waals surface area (Å²) < 4.78 is 27.7. The van der Waals surface area contributed by atoms with Crippen molar-refractivity contribution in [1.82, 2.24) is 0 Å². The van der Waals surface area contributed by atoms with Gasteiger partial charge in [-0.3, -0.25) is 9.36 Å². The van der Waals surface area contributed by atoms with Crippen LogP contribution in [0.1, 0.15) is 60.8 Å². The number of carbonyl (C=O) groups excluding carboxylic acids is 2. The Labute approximate surface area is 145 Å². The third kappa shape index (κ3) is 10.7. The first-order valence-electron chi connectivity index (χ1n) is 8.33. The highest BCUT2D eigenvalue weighted by atomic mass is 31.2. The third-order valence-corrected chi connectivity index (χ3v) is 4.90. The van der Waals surface area contributed by atoms with Crippen molar-refractivity contribution in [3.05, 3.63) is 11.6 Å². The molecule has 0 atom stereocenters. The fourth-order valence-corrected chi connectivity index (χ4v) is 3.51. The van der Waals surface area contributed by atoms with Gasteiger partial charge in [0.1, 0.15) is 17.5 Å². The van der Waals surface area contributed by atoms with Gasteiger partial charge in [0.15, 0.2) is 0 Å². The molecule has 0 heterocycles. The number of Topliss-reactive ketones (excluding diaryl/α,β-unsaturated/α-hetero) is 1. The second-order valence-electron chi connectivity index (χ2n) is 6.42. The Hall–Kier alpha value is -0.970. The van der Waals surface area contributed by atoms with Crippen LogP contribution in [0.3, 0.4) is 0 Å². The predicted octanol–water partition coefficient (Wildman–Crippen LogP) is 4.28. The van der Waals surface area contributed by atoms with E-state index in [9.17, 15) is 14.2 Å². The number of unbranched alkanes of at least 4 members (excludes halogenated alkanes) is 1. The molecule has 0 aliphatic carbocycles. The molecule has 0 saturated heterocycles. The normalized spacial score (nSPS) is 13.0. The quantitative estimate of drug-likeness (QED) is 0.236. The molecule has 0 rings (SSSR count). The van der Waals surface area contributed by atoms with Gasteiger partial charge in [0.2, 0.25) is 0 Å². The van der Waals surface area contributed by atoms with Gasteiger partial charge >= 0.3 is 13.6 Å². The van der Waals surface area contributed by atoms with E-state index in [0.717, 1.165) is 0 Å². The lowest BCUT2D eigenvalue weighted by atomic mass is 10.1. The van der Waals surface area contributed by atoms with E-state index in [1.54, 1.807) is 26.8 Å². The Kier molecular flexibility index (Phi) is 10.4. The lowest BCUT2D eigenvalue weighted by Crippen LogP contribution is -2.24. The molecule has 0 radical (unpaired) electrons. The summed E-state index contributed by atoms with van der Waals surface area (Å²) in [5.74, 6) is -0.519. The maximum Gasteiger partial charge on any atom is 0.338 e. The zero-order chi connectivity index (χ0) is 18.8. The highest BCUT2D eigenvalue weighted by Gasteiger charge is 2.27. The second-order valence-corrected chi connectivity index (χ2v) is 8.48. The molecule has 0 unspecified atom stereocenters. The number of rotatable bonds is 11. The molecule has 0 fully saturated rings. The van der Waals surface area contributed by atoms with Crippen LogP contribution in [0.15, 0.2) is 11.6 Å². The fourth-order valence-electron chi connectivity index (χ4n) is 1.88. The molecule has 140 valence electrons.